The van der Waals surface area contributed by atoms with E-state index >= 15 is 0 Å². The number of nitro groups is 1. The third kappa shape index (κ3) is 2.54. The summed E-state index contributed by atoms with van der Waals surface area (Å²) in [4.78, 5) is 10.4. The van der Waals surface area contributed by atoms with Gasteiger partial charge in [-0.3, -0.25) is 10.1 Å². The fourth-order valence-corrected chi connectivity index (χ4v) is 1.79. The van der Waals surface area contributed by atoms with Crippen molar-refractivity contribution in [3.63, 3.8) is 0 Å². The van der Waals surface area contributed by atoms with Crippen molar-refractivity contribution in [2.75, 3.05) is 13.1 Å². The highest BCUT2D eigenvalue weighted by Gasteiger charge is 2.29. The number of ether oxygens (including phenoxy) is 1. The van der Waals surface area contributed by atoms with E-state index < -0.39 is 17.1 Å². The van der Waals surface area contributed by atoms with Crippen LogP contribution in [0.1, 0.15) is 5.56 Å². The Bertz CT molecular complexity index is 435. The van der Waals surface area contributed by atoms with Crippen LogP contribution >= 0.6 is 0 Å². The molecule has 1 fully saturated rings. The lowest BCUT2D eigenvalue weighted by Gasteiger charge is -2.16. The van der Waals surface area contributed by atoms with Crippen molar-refractivity contribution in [1.29, 1.82) is 0 Å². The molecule has 2 atom stereocenters. The molecule has 0 radical (unpaired) electrons. The molecule has 1 aliphatic heterocycles. The average molecular weight is 238 g/mol. The van der Waals surface area contributed by atoms with Crippen molar-refractivity contribution < 1.29 is 14.8 Å². The number of rotatable bonds is 3. The van der Waals surface area contributed by atoms with Crippen LogP contribution in [0.5, 0.6) is 5.75 Å². The minimum absolute atomic E-state index is 0.0656. The molecule has 0 aliphatic carbocycles. The van der Waals surface area contributed by atoms with E-state index in [0.717, 1.165) is 5.56 Å². The highest BCUT2D eigenvalue weighted by molar-refractivity contribution is 5.48. The number of β-amino-alcohol motifs (C(OH)–C–C–N with tert-alkyl or cyclic N) is 1. The second kappa shape index (κ2) is 4.68. The molecule has 2 unspecified atom stereocenters. The lowest BCUT2D eigenvalue weighted by atomic mass is 10.2. The van der Waals surface area contributed by atoms with E-state index in [0.29, 0.717) is 13.1 Å². The fourth-order valence-electron chi connectivity index (χ4n) is 1.79. The maximum absolute atomic E-state index is 10.9. The molecule has 6 nitrogen and oxygen atoms in total. The number of aliphatic hydroxyl groups is 1. The second-order valence-electron chi connectivity index (χ2n) is 4.11. The zero-order valence-electron chi connectivity index (χ0n) is 9.42. The van der Waals surface area contributed by atoms with Crippen molar-refractivity contribution in [2.45, 2.75) is 19.1 Å². The summed E-state index contributed by atoms with van der Waals surface area (Å²) in [5.41, 5.74) is 0.734. The van der Waals surface area contributed by atoms with Crippen LogP contribution in [0.15, 0.2) is 18.2 Å². The molecule has 92 valence electrons. The SMILES string of the molecule is Cc1ccc(OC2CNCC2O)c([N+](=O)[O-])c1. The molecule has 1 aromatic carbocycles. The maximum atomic E-state index is 10.9. The van der Waals surface area contributed by atoms with Gasteiger partial charge in [-0.1, -0.05) is 6.07 Å². The van der Waals surface area contributed by atoms with Gasteiger partial charge in [0.15, 0.2) is 5.75 Å². The smallest absolute Gasteiger partial charge is 0.311 e. The second-order valence-corrected chi connectivity index (χ2v) is 4.11. The lowest BCUT2D eigenvalue weighted by Crippen LogP contribution is -2.30. The van der Waals surface area contributed by atoms with Crippen LogP contribution in [0, 0.1) is 17.0 Å². The monoisotopic (exact) mass is 238 g/mol. The van der Waals surface area contributed by atoms with Crippen molar-refractivity contribution in [3.05, 3.63) is 33.9 Å². The highest BCUT2D eigenvalue weighted by atomic mass is 16.6. The number of hydrogen-bond donors (Lipinski definition) is 2. The van der Waals surface area contributed by atoms with Gasteiger partial charge < -0.3 is 15.2 Å². The zero-order chi connectivity index (χ0) is 12.4. The van der Waals surface area contributed by atoms with Gasteiger partial charge in [0.25, 0.3) is 0 Å². The van der Waals surface area contributed by atoms with Crippen LogP contribution in [0.25, 0.3) is 0 Å². The Morgan fingerprint density at radius 2 is 2.29 bits per heavy atom. The molecule has 17 heavy (non-hydrogen) atoms. The average Bonchev–Trinajstić information content (AvgIpc) is 2.67. The van der Waals surface area contributed by atoms with Gasteiger partial charge in [0.2, 0.25) is 0 Å². The first-order valence-corrected chi connectivity index (χ1v) is 5.38. The number of aliphatic hydroxyl groups excluding tert-OH is 1. The Kier molecular flexibility index (Phi) is 3.26. The summed E-state index contributed by atoms with van der Waals surface area (Å²) >= 11 is 0. The summed E-state index contributed by atoms with van der Waals surface area (Å²) in [7, 11) is 0. The van der Waals surface area contributed by atoms with Crippen LogP contribution in [-0.2, 0) is 0 Å². The summed E-state index contributed by atoms with van der Waals surface area (Å²) in [6, 6.07) is 4.78. The van der Waals surface area contributed by atoms with Gasteiger partial charge in [0.05, 0.1) is 4.92 Å². The summed E-state index contributed by atoms with van der Waals surface area (Å²) in [6.45, 7) is 2.72. The number of nitro benzene ring substituents is 1. The molecule has 1 saturated heterocycles. The number of benzene rings is 1. The first kappa shape index (κ1) is 11.8. The molecule has 0 amide bonds. The van der Waals surface area contributed by atoms with E-state index in [1.807, 2.05) is 0 Å². The zero-order valence-corrected chi connectivity index (χ0v) is 9.42. The molecular formula is C11H14N2O4. The fraction of sp³-hybridized carbons (Fsp3) is 0.455. The van der Waals surface area contributed by atoms with Crippen molar-refractivity contribution in [3.8, 4) is 5.75 Å². The third-order valence-electron chi connectivity index (χ3n) is 2.72. The van der Waals surface area contributed by atoms with Gasteiger partial charge in [-0.05, 0) is 18.6 Å². The molecule has 2 N–H and O–H groups in total. The first-order valence-electron chi connectivity index (χ1n) is 5.38. The topological polar surface area (TPSA) is 84.6 Å². The Morgan fingerprint density at radius 1 is 1.53 bits per heavy atom. The molecule has 1 aliphatic rings. The van der Waals surface area contributed by atoms with E-state index in [4.69, 9.17) is 4.74 Å². The van der Waals surface area contributed by atoms with Crippen LogP contribution in [-0.4, -0.2) is 35.3 Å². The third-order valence-corrected chi connectivity index (χ3v) is 2.72. The quantitative estimate of drug-likeness (QED) is 0.595. The molecule has 0 bridgehead atoms. The molecule has 2 rings (SSSR count). The van der Waals surface area contributed by atoms with Crippen LogP contribution in [0.4, 0.5) is 5.69 Å². The molecule has 0 aromatic heterocycles. The summed E-state index contributed by atoms with van der Waals surface area (Å²) in [6.07, 6.45) is -1.06. The van der Waals surface area contributed by atoms with Crippen molar-refractivity contribution in [2.24, 2.45) is 0 Å². The van der Waals surface area contributed by atoms with Crippen LogP contribution < -0.4 is 10.1 Å². The largest absolute Gasteiger partial charge is 0.479 e. The summed E-state index contributed by atoms with van der Waals surface area (Å²) in [5.74, 6) is 0.202. The Morgan fingerprint density at radius 3 is 2.88 bits per heavy atom. The van der Waals surface area contributed by atoms with Gasteiger partial charge in [0.1, 0.15) is 12.2 Å². The molecule has 0 spiro atoms. The van der Waals surface area contributed by atoms with Gasteiger partial charge >= 0.3 is 5.69 Å². The highest BCUT2D eigenvalue weighted by Crippen LogP contribution is 2.29. The van der Waals surface area contributed by atoms with Crippen LogP contribution in [0.2, 0.25) is 0 Å². The molecular weight excluding hydrogens is 224 g/mol. The van der Waals surface area contributed by atoms with E-state index in [-0.39, 0.29) is 11.4 Å². The molecule has 0 saturated carbocycles. The first-order chi connectivity index (χ1) is 8.08. The Balaban J connectivity index is 2.22. The van der Waals surface area contributed by atoms with Gasteiger partial charge in [-0.2, -0.15) is 0 Å². The van der Waals surface area contributed by atoms with Gasteiger partial charge in [-0.25, -0.2) is 0 Å². The van der Waals surface area contributed by atoms with Gasteiger partial charge in [-0.15, -0.1) is 0 Å². The maximum Gasteiger partial charge on any atom is 0.311 e. The predicted molar refractivity (Wildman–Crippen MR) is 61.1 cm³/mol. The Hall–Kier alpha value is -1.66. The Labute approximate surface area is 98.4 Å². The summed E-state index contributed by atoms with van der Waals surface area (Å²) < 4.78 is 5.48. The van der Waals surface area contributed by atoms with E-state index in [2.05, 4.69) is 5.32 Å². The van der Waals surface area contributed by atoms with Crippen molar-refractivity contribution >= 4 is 5.69 Å². The van der Waals surface area contributed by atoms with E-state index in [9.17, 15) is 15.2 Å². The number of nitrogens with zero attached hydrogens (tertiary/aromatic N) is 1. The molecule has 6 heteroatoms. The van der Waals surface area contributed by atoms with Gasteiger partial charge in [0, 0.05) is 19.2 Å². The summed E-state index contributed by atoms with van der Waals surface area (Å²) in [5, 5.41) is 23.4. The number of aryl methyl sites for hydroxylation is 1. The predicted octanol–water partition coefficient (Wildman–Crippen LogP) is 0.615. The normalized spacial score (nSPS) is 23.6. The van der Waals surface area contributed by atoms with Crippen molar-refractivity contribution in [1.82, 2.24) is 5.32 Å². The standard InChI is InChI=1S/C11H14N2O4/c1-7-2-3-10(8(4-7)13(15)16)17-11-6-12-5-9(11)14/h2-4,9,11-12,14H,5-6H2,1H3. The van der Waals surface area contributed by atoms with E-state index in [1.165, 1.54) is 6.07 Å². The molecule has 1 heterocycles. The minimum atomic E-state index is -0.629. The number of hydrogen-bond acceptors (Lipinski definition) is 5. The van der Waals surface area contributed by atoms with Crippen LogP contribution in [0.3, 0.4) is 0 Å². The number of nitrogens with one attached hydrogen (secondary N) is 1. The molecule has 1 aromatic rings. The van der Waals surface area contributed by atoms with E-state index in [1.54, 1.807) is 19.1 Å². The lowest BCUT2D eigenvalue weighted by molar-refractivity contribution is -0.386. The minimum Gasteiger partial charge on any atom is -0.479 e.